The van der Waals surface area contributed by atoms with E-state index in [0.717, 1.165) is 0 Å². The number of carbonyl (C=O) groups excluding carboxylic acids is 3. The van der Waals surface area contributed by atoms with Crippen LogP contribution in [0.3, 0.4) is 0 Å². The molecule has 3 amide bonds. The Labute approximate surface area is 143 Å². The second kappa shape index (κ2) is 7.12. The first-order chi connectivity index (χ1) is 12.0. The molecule has 0 saturated carbocycles. The molecule has 1 aliphatic rings. The first-order valence-electron chi connectivity index (χ1n) is 7.80. The maximum Gasteiger partial charge on any atom is 0.254 e. The van der Waals surface area contributed by atoms with E-state index in [4.69, 9.17) is 0 Å². The van der Waals surface area contributed by atoms with Gasteiger partial charge < -0.3 is 16.0 Å². The van der Waals surface area contributed by atoms with Gasteiger partial charge in [-0.1, -0.05) is 24.3 Å². The van der Waals surface area contributed by atoms with Crippen LogP contribution in [0.5, 0.6) is 0 Å². The van der Waals surface area contributed by atoms with Crippen molar-refractivity contribution < 1.29 is 18.8 Å². The summed E-state index contributed by atoms with van der Waals surface area (Å²) in [5.41, 5.74) is 0.881. The van der Waals surface area contributed by atoms with Crippen LogP contribution in [-0.2, 0) is 9.59 Å². The monoisotopic (exact) mass is 341 g/mol. The molecule has 1 aliphatic heterocycles. The SMILES string of the molecule is O=C(CC[C@H]1NC(=O)c2ccccc2NC1=O)Nc1ccccc1F. The van der Waals surface area contributed by atoms with Gasteiger partial charge in [-0.3, -0.25) is 14.4 Å². The van der Waals surface area contributed by atoms with Gasteiger partial charge in [-0.2, -0.15) is 0 Å². The highest BCUT2D eigenvalue weighted by Crippen LogP contribution is 2.19. The van der Waals surface area contributed by atoms with Crippen molar-refractivity contribution in [3.05, 3.63) is 59.9 Å². The minimum atomic E-state index is -0.841. The highest BCUT2D eigenvalue weighted by Gasteiger charge is 2.27. The average Bonchev–Trinajstić information content (AvgIpc) is 2.72. The van der Waals surface area contributed by atoms with Gasteiger partial charge in [0.05, 0.1) is 16.9 Å². The van der Waals surface area contributed by atoms with Gasteiger partial charge in [0.1, 0.15) is 11.9 Å². The number of fused-ring (bicyclic) bond motifs is 1. The first kappa shape index (κ1) is 16.6. The lowest BCUT2D eigenvalue weighted by molar-refractivity contribution is -0.118. The number of hydrogen-bond acceptors (Lipinski definition) is 3. The second-order valence-electron chi connectivity index (χ2n) is 5.63. The van der Waals surface area contributed by atoms with Gasteiger partial charge in [-0.15, -0.1) is 0 Å². The molecule has 0 spiro atoms. The summed E-state index contributed by atoms with van der Waals surface area (Å²) in [5, 5.41) is 7.73. The van der Waals surface area contributed by atoms with Crippen LogP contribution in [-0.4, -0.2) is 23.8 Å². The van der Waals surface area contributed by atoms with Crippen LogP contribution in [0.25, 0.3) is 0 Å². The molecular formula is C18H16FN3O3. The second-order valence-corrected chi connectivity index (χ2v) is 5.63. The largest absolute Gasteiger partial charge is 0.340 e. The lowest BCUT2D eigenvalue weighted by atomic mass is 10.1. The molecule has 0 saturated heterocycles. The van der Waals surface area contributed by atoms with Gasteiger partial charge in [0, 0.05) is 6.42 Å². The lowest BCUT2D eigenvalue weighted by Crippen LogP contribution is -2.41. The summed E-state index contributed by atoms with van der Waals surface area (Å²) in [6.45, 7) is 0. The minimum Gasteiger partial charge on any atom is -0.340 e. The molecule has 3 N–H and O–H groups in total. The third-order valence-corrected chi connectivity index (χ3v) is 3.86. The summed E-state index contributed by atoms with van der Waals surface area (Å²) >= 11 is 0. The minimum absolute atomic E-state index is 0.0386. The van der Waals surface area contributed by atoms with Gasteiger partial charge in [0.25, 0.3) is 5.91 Å². The van der Waals surface area contributed by atoms with Crippen molar-refractivity contribution >= 4 is 29.1 Å². The van der Waals surface area contributed by atoms with Crippen molar-refractivity contribution in [2.75, 3.05) is 10.6 Å². The maximum atomic E-state index is 13.5. The van der Waals surface area contributed by atoms with E-state index in [-0.39, 0.29) is 24.4 Å². The van der Waals surface area contributed by atoms with Gasteiger partial charge in [-0.25, -0.2) is 4.39 Å². The fourth-order valence-electron chi connectivity index (χ4n) is 2.57. The Kier molecular flexibility index (Phi) is 4.74. The quantitative estimate of drug-likeness (QED) is 0.797. The molecule has 3 rings (SSSR count). The summed E-state index contributed by atoms with van der Waals surface area (Å²) in [4.78, 5) is 36.4. The van der Waals surface area contributed by atoms with Crippen LogP contribution in [0.15, 0.2) is 48.5 Å². The number of carbonyl (C=O) groups is 3. The van der Waals surface area contributed by atoms with Crippen molar-refractivity contribution in [1.82, 2.24) is 5.32 Å². The molecular weight excluding hydrogens is 325 g/mol. The van der Waals surface area contributed by atoms with Crippen molar-refractivity contribution in [3.8, 4) is 0 Å². The van der Waals surface area contributed by atoms with E-state index in [0.29, 0.717) is 11.3 Å². The fraction of sp³-hybridized carbons (Fsp3) is 0.167. The molecule has 128 valence electrons. The Balaban J connectivity index is 1.62. The van der Waals surface area contributed by atoms with Gasteiger partial charge >= 0.3 is 0 Å². The number of nitrogens with one attached hydrogen (secondary N) is 3. The average molecular weight is 341 g/mol. The first-order valence-corrected chi connectivity index (χ1v) is 7.80. The van der Waals surface area contributed by atoms with Crippen LogP contribution in [0.4, 0.5) is 15.8 Å². The Hall–Kier alpha value is -3.22. The third-order valence-electron chi connectivity index (χ3n) is 3.86. The normalized spacial score (nSPS) is 16.3. The molecule has 0 bridgehead atoms. The van der Waals surface area contributed by atoms with E-state index in [9.17, 15) is 18.8 Å². The molecule has 1 heterocycles. The van der Waals surface area contributed by atoms with Crippen molar-refractivity contribution in [3.63, 3.8) is 0 Å². The Morgan fingerprint density at radius 1 is 1.08 bits per heavy atom. The zero-order chi connectivity index (χ0) is 17.8. The maximum absolute atomic E-state index is 13.5. The summed E-state index contributed by atoms with van der Waals surface area (Å²) < 4.78 is 13.5. The Bertz CT molecular complexity index is 838. The third kappa shape index (κ3) is 3.82. The van der Waals surface area contributed by atoms with Gasteiger partial charge in [-0.05, 0) is 30.7 Å². The van der Waals surface area contributed by atoms with Crippen molar-refractivity contribution in [1.29, 1.82) is 0 Å². The molecule has 1 atom stereocenters. The number of anilines is 2. The van der Waals surface area contributed by atoms with Crippen LogP contribution in [0.1, 0.15) is 23.2 Å². The topological polar surface area (TPSA) is 87.3 Å². The van der Waals surface area contributed by atoms with Gasteiger partial charge in [0.15, 0.2) is 0 Å². The predicted octanol–water partition coefficient (Wildman–Crippen LogP) is 2.30. The molecule has 6 nitrogen and oxygen atoms in total. The van der Waals surface area contributed by atoms with Gasteiger partial charge in [0.2, 0.25) is 11.8 Å². The number of hydrogen-bond donors (Lipinski definition) is 3. The molecule has 0 unspecified atom stereocenters. The van der Waals surface area contributed by atoms with Crippen molar-refractivity contribution in [2.24, 2.45) is 0 Å². The van der Waals surface area contributed by atoms with E-state index >= 15 is 0 Å². The molecule has 7 heteroatoms. The van der Waals surface area contributed by atoms with Crippen molar-refractivity contribution in [2.45, 2.75) is 18.9 Å². The zero-order valence-corrected chi connectivity index (χ0v) is 13.2. The number of amides is 3. The molecule has 0 aromatic heterocycles. The molecule has 2 aromatic carbocycles. The molecule has 0 fully saturated rings. The molecule has 0 radical (unpaired) electrons. The number of halogens is 1. The number of rotatable bonds is 4. The summed E-state index contributed by atoms with van der Waals surface area (Å²) in [6, 6.07) is 11.6. The van der Waals surface area contributed by atoms with Crippen LogP contribution >= 0.6 is 0 Å². The summed E-state index contributed by atoms with van der Waals surface area (Å²) in [5.74, 6) is -1.74. The molecule has 25 heavy (non-hydrogen) atoms. The highest BCUT2D eigenvalue weighted by molar-refractivity contribution is 6.09. The van der Waals surface area contributed by atoms with E-state index in [2.05, 4.69) is 16.0 Å². The van der Waals surface area contributed by atoms with Crippen LogP contribution in [0.2, 0.25) is 0 Å². The summed E-state index contributed by atoms with van der Waals surface area (Å²) in [7, 11) is 0. The Morgan fingerprint density at radius 3 is 2.60 bits per heavy atom. The van der Waals surface area contributed by atoms with E-state index in [1.807, 2.05) is 0 Å². The highest BCUT2D eigenvalue weighted by atomic mass is 19.1. The molecule has 2 aromatic rings. The standard InChI is InChI=1S/C18H16FN3O3/c19-12-6-2-4-8-14(12)20-16(23)10-9-15-18(25)21-13-7-3-1-5-11(13)17(24)22-15/h1-8,15H,9-10H2,(H,20,23)(H,21,25)(H,22,24)/t15-/m1/s1. The van der Waals surface area contributed by atoms with Crippen LogP contribution in [0, 0.1) is 5.82 Å². The summed E-state index contributed by atoms with van der Waals surface area (Å²) in [6.07, 6.45) is 0.0644. The fourth-order valence-corrected chi connectivity index (χ4v) is 2.57. The zero-order valence-electron chi connectivity index (χ0n) is 13.2. The predicted molar refractivity (Wildman–Crippen MR) is 90.6 cm³/mol. The van der Waals surface area contributed by atoms with Crippen LogP contribution < -0.4 is 16.0 Å². The lowest BCUT2D eigenvalue weighted by Gasteiger charge is -2.14. The van der Waals surface area contributed by atoms with E-state index < -0.39 is 23.7 Å². The molecule has 0 aliphatic carbocycles. The van der Waals surface area contributed by atoms with E-state index in [1.54, 1.807) is 30.3 Å². The number of para-hydroxylation sites is 2. The Morgan fingerprint density at radius 2 is 1.80 bits per heavy atom. The number of benzene rings is 2. The smallest absolute Gasteiger partial charge is 0.254 e. The van der Waals surface area contributed by atoms with E-state index in [1.165, 1.54) is 18.2 Å².